The van der Waals surface area contributed by atoms with Gasteiger partial charge in [-0.1, -0.05) is 43.6 Å². The normalized spacial score (nSPS) is 12.3. The van der Waals surface area contributed by atoms with Gasteiger partial charge in [0.15, 0.2) is 22.9 Å². The van der Waals surface area contributed by atoms with E-state index in [0.717, 1.165) is 23.6 Å². The fourth-order valence-corrected chi connectivity index (χ4v) is 4.09. The third-order valence-corrected chi connectivity index (χ3v) is 5.94. The predicted octanol–water partition coefficient (Wildman–Crippen LogP) is 4.67. The van der Waals surface area contributed by atoms with Crippen molar-refractivity contribution >= 4 is 22.2 Å². The minimum Gasteiger partial charge on any atom is -0.470 e. The van der Waals surface area contributed by atoms with E-state index in [1.165, 1.54) is 0 Å². The van der Waals surface area contributed by atoms with Gasteiger partial charge in [0.2, 0.25) is 11.7 Å². The summed E-state index contributed by atoms with van der Waals surface area (Å²) >= 11 is 0. The molecule has 1 atom stereocenters. The fourth-order valence-electron chi connectivity index (χ4n) is 4.09. The van der Waals surface area contributed by atoms with Crippen LogP contribution in [0.15, 0.2) is 53.2 Å². The van der Waals surface area contributed by atoms with Gasteiger partial charge in [-0.25, -0.2) is 0 Å². The summed E-state index contributed by atoms with van der Waals surface area (Å²) in [7, 11) is 1.58. The summed E-state index contributed by atoms with van der Waals surface area (Å²) in [4.78, 5) is 17.0. The van der Waals surface area contributed by atoms with Crippen LogP contribution in [0.3, 0.4) is 0 Å². The molecule has 0 aliphatic carbocycles. The molecule has 1 aromatic carbocycles. The molecule has 0 N–H and O–H groups in total. The lowest BCUT2D eigenvalue weighted by Gasteiger charge is -2.11. The van der Waals surface area contributed by atoms with E-state index >= 15 is 0 Å². The van der Waals surface area contributed by atoms with Gasteiger partial charge in [-0.3, -0.25) is 9.78 Å². The second-order valence-corrected chi connectivity index (χ2v) is 8.60. The zero-order valence-corrected chi connectivity index (χ0v) is 20.3. The molecule has 10 heteroatoms. The van der Waals surface area contributed by atoms with E-state index in [4.69, 9.17) is 14.0 Å². The lowest BCUT2D eigenvalue weighted by molar-refractivity contribution is 0.0923. The molecule has 0 bridgehead atoms. The van der Waals surface area contributed by atoms with Gasteiger partial charge < -0.3 is 14.0 Å². The van der Waals surface area contributed by atoms with E-state index in [1.54, 1.807) is 30.0 Å². The van der Waals surface area contributed by atoms with Crippen LogP contribution in [0.5, 0.6) is 5.88 Å². The summed E-state index contributed by atoms with van der Waals surface area (Å²) < 4.78 is 18.1. The van der Waals surface area contributed by atoms with Crippen LogP contribution >= 0.6 is 0 Å². The molecule has 1 unspecified atom stereocenters. The Kier molecular flexibility index (Phi) is 6.68. The number of rotatable bonds is 10. The summed E-state index contributed by atoms with van der Waals surface area (Å²) in [6.07, 6.45) is 3.44. The maximum atomic E-state index is 12.5. The van der Waals surface area contributed by atoms with Crippen molar-refractivity contribution in [3.8, 4) is 17.4 Å². The highest BCUT2D eigenvalue weighted by molar-refractivity contribution is 5.97. The van der Waals surface area contributed by atoms with Crippen LogP contribution in [0.25, 0.3) is 27.9 Å². The molecule has 5 rings (SSSR count). The maximum Gasteiger partial charge on any atom is 0.240 e. The summed E-state index contributed by atoms with van der Waals surface area (Å²) in [6.45, 7) is 4.50. The largest absolute Gasteiger partial charge is 0.470 e. The van der Waals surface area contributed by atoms with Crippen molar-refractivity contribution in [3.63, 3.8) is 0 Å². The number of fused-ring (bicyclic) bond motifs is 3. The van der Waals surface area contributed by atoms with Gasteiger partial charge in [-0.05, 0) is 24.6 Å². The monoisotopic (exact) mass is 486 g/mol. The molecular weight excluding hydrogens is 460 g/mol. The van der Waals surface area contributed by atoms with Crippen molar-refractivity contribution in [1.29, 1.82) is 0 Å². The van der Waals surface area contributed by atoms with E-state index < -0.39 is 0 Å². The second kappa shape index (κ2) is 10.2. The first-order valence-corrected chi connectivity index (χ1v) is 11.8. The van der Waals surface area contributed by atoms with Gasteiger partial charge in [0.1, 0.15) is 13.2 Å². The molecule has 0 aliphatic heterocycles. The molecule has 184 valence electrons. The van der Waals surface area contributed by atoms with Crippen LogP contribution in [-0.2, 0) is 18.0 Å². The number of benzene rings is 1. The van der Waals surface area contributed by atoms with Crippen molar-refractivity contribution in [2.24, 2.45) is 5.92 Å². The Morgan fingerprint density at radius 1 is 1.11 bits per heavy atom. The number of hydrogen-bond donors (Lipinski definition) is 0. The minimum absolute atomic E-state index is 0.0190. The van der Waals surface area contributed by atoms with Crippen LogP contribution in [0.1, 0.15) is 48.5 Å². The van der Waals surface area contributed by atoms with E-state index in [9.17, 15) is 4.79 Å². The Hall–Kier alpha value is -4.18. The van der Waals surface area contributed by atoms with Gasteiger partial charge in [-0.2, -0.15) is 4.52 Å². The van der Waals surface area contributed by atoms with Crippen LogP contribution < -0.4 is 4.74 Å². The van der Waals surface area contributed by atoms with Crippen molar-refractivity contribution in [2.75, 3.05) is 7.11 Å². The fraction of sp³-hybridized carbons (Fsp3) is 0.308. The van der Waals surface area contributed by atoms with Gasteiger partial charge >= 0.3 is 0 Å². The topological polar surface area (TPSA) is 118 Å². The van der Waals surface area contributed by atoms with Crippen LogP contribution in [0.2, 0.25) is 0 Å². The Bertz CT molecular complexity index is 1510. The SMILES string of the molecule is CCCC(C)C(=O)c1ccc(COc2nn3c(-c4cc(COC)on4)nnc3c3ccccc23)nc1. The number of ether oxygens (including phenoxy) is 2. The molecule has 0 saturated carbocycles. The third-order valence-electron chi connectivity index (χ3n) is 5.94. The smallest absolute Gasteiger partial charge is 0.240 e. The molecule has 0 fully saturated rings. The average Bonchev–Trinajstić information content (AvgIpc) is 3.54. The highest BCUT2D eigenvalue weighted by Crippen LogP contribution is 2.29. The summed E-state index contributed by atoms with van der Waals surface area (Å²) in [5, 5.41) is 19.0. The Labute approximate surface area is 207 Å². The highest BCUT2D eigenvalue weighted by Gasteiger charge is 2.19. The molecule has 36 heavy (non-hydrogen) atoms. The van der Waals surface area contributed by atoms with Gasteiger partial charge in [0.05, 0.1) is 5.69 Å². The number of carbonyl (C=O) groups excluding carboxylic acids is 1. The highest BCUT2D eigenvalue weighted by atomic mass is 16.5. The first kappa shape index (κ1) is 23.6. The zero-order valence-electron chi connectivity index (χ0n) is 20.3. The lowest BCUT2D eigenvalue weighted by atomic mass is 9.96. The molecule has 5 aromatic rings. The van der Waals surface area contributed by atoms with Crippen molar-refractivity contribution in [2.45, 2.75) is 39.9 Å². The number of carbonyl (C=O) groups is 1. The van der Waals surface area contributed by atoms with Crippen molar-refractivity contribution in [1.82, 2.24) is 30.0 Å². The molecule has 4 aromatic heterocycles. The Balaban J connectivity index is 1.44. The number of methoxy groups -OCH3 is 1. The summed E-state index contributed by atoms with van der Waals surface area (Å²) in [5.41, 5.74) is 2.36. The van der Waals surface area contributed by atoms with Gasteiger partial charge in [-0.15, -0.1) is 15.3 Å². The quantitative estimate of drug-likeness (QED) is 0.259. The number of ketones is 1. The Morgan fingerprint density at radius 2 is 1.94 bits per heavy atom. The molecule has 0 amide bonds. The maximum absolute atomic E-state index is 12.5. The molecule has 10 nitrogen and oxygen atoms in total. The average molecular weight is 487 g/mol. The number of pyridine rings is 1. The van der Waals surface area contributed by atoms with Crippen LogP contribution in [0, 0.1) is 5.92 Å². The first-order chi connectivity index (χ1) is 17.6. The molecule has 0 aliphatic rings. The van der Waals surface area contributed by atoms with Crippen molar-refractivity contribution in [3.05, 3.63) is 65.7 Å². The van der Waals surface area contributed by atoms with Crippen LogP contribution in [0.4, 0.5) is 0 Å². The van der Waals surface area contributed by atoms with E-state index in [0.29, 0.717) is 46.7 Å². The second-order valence-electron chi connectivity index (χ2n) is 8.60. The number of nitrogens with zero attached hydrogens (tertiary/aromatic N) is 6. The summed E-state index contributed by atoms with van der Waals surface area (Å²) in [6, 6.07) is 13.0. The minimum atomic E-state index is -0.0190. The predicted molar refractivity (Wildman–Crippen MR) is 131 cm³/mol. The van der Waals surface area contributed by atoms with Crippen molar-refractivity contribution < 1.29 is 18.8 Å². The number of Topliss-reactive ketones (excluding diaryl/α,β-unsaturated/α-hetero) is 1. The van der Waals surface area contributed by atoms with Crippen LogP contribution in [-0.4, -0.2) is 42.8 Å². The standard InChI is InChI=1S/C26H26N6O4/c1-4-7-16(2)23(33)17-10-11-18(27-13-17)14-35-26-21-9-6-5-8-20(21)24-28-29-25(32(24)30-26)22-12-19(15-34-3)36-31-22/h5-6,8-13,16H,4,7,14-15H2,1-3H3. The Morgan fingerprint density at radius 3 is 2.69 bits per heavy atom. The zero-order chi connectivity index (χ0) is 25.1. The first-order valence-electron chi connectivity index (χ1n) is 11.8. The number of hydrogen-bond acceptors (Lipinski definition) is 9. The van der Waals surface area contributed by atoms with E-state index in [-0.39, 0.29) is 18.3 Å². The van der Waals surface area contributed by atoms with E-state index in [1.807, 2.05) is 37.3 Å². The molecular formula is C26H26N6O4. The molecule has 4 heterocycles. The van der Waals surface area contributed by atoms with Gasteiger partial charge in [0.25, 0.3) is 0 Å². The summed E-state index contributed by atoms with van der Waals surface area (Å²) in [5.74, 6) is 1.48. The molecule has 0 saturated heterocycles. The third kappa shape index (κ3) is 4.55. The lowest BCUT2D eigenvalue weighted by Crippen LogP contribution is -2.12. The number of aromatic nitrogens is 6. The van der Waals surface area contributed by atoms with Gasteiger partial charge in [0, 0.05) is 41.6 Å². The molecule has 0 radical (unpaired) electrons. The van der Waals surface area contributed by atoms with E-state index in [2.05, 4.69) is 32.4 Å². The molecule has 0 spiro atoms.